The van der Waals surface area contributed by atoms with Crippen molar-refractivity contribution in [2.75, 3.05) is 0 Å². The molecule has 0 saturated heterocycles. The van der Waals surface area contributed by atoms with Crippen molar-refractivity contribution in [3.05, 3.63) is 52.2 Å². The first kappa shape index (κ1) is 11.2. The summed E-state index contributed by atoms with van der Waals surface area (Å²) in [5.41, 5.74) is 6.94. The monoisotopic (exact) mass is 233 g/mol. The fourth-order valence-corrected chi connectivity index (χ4v) is 2.15. The Hall–Kier alpha value is -1.32. The van der Waals surface area contributed by atoms with Crippen molar-refractivity contribution in [3.8, 4) is 5.75 Å². The molecule has 3 heteroatoms. The van der Waals surface area contributed by atoms with Gasteiger partial charge in [0.1, 0.15) is 12.4 Å². The minimum Gasteiger partial charge on any atom is -0.488 e. The highest BCUT2D eigenvalue weighted by atomic mass is 32.1. The topological polar surface area (TPSA) is 35.2 Å². The lowest BCUT2D eigenvalue weighted by Crippen LogP contribution is -2.07. The third-order valence-corrected chi connectivity index (χ3v) is 3.21. The highest BCUT2D eigenvalue weighted by Gasteiger charge is 2.07. The van der Waals surface area contributed by atoms with Crippen LogP contribution >= 0.6 is 11.3 Å². The van der Waals surface area contributed by atoms with Gasteiger partial charge in [-0.05, 0) is 24.4 Å². The van der Waals surface area contributed by atoms with E-state index in [-0.39, 0.29) is 6.04 Å². The van der Waals surface area contributed by atoms with E-state index in [1.54, 1.807) is 11.3 Å². The highest BCUT2D eigenvalue weighted by Crippen LogP contribution is 2.24. The van der Waals surface area contributed by atoms with Crippen molar-refractivity contribution in [1.82, 2.24) is 0 Å². The Kier molecular flexibility index (Phi) is 3.59. The van der Waals surface area contributed by atoms with Gasteiger partial charge in [-0.3, -0.25) is 0 Å². The van der Waals surface area contributed by atoms with Gasteiger partial charge in [-0.2, -0.15) is 0 Å². The fraction of sp³-hybridized carbons (Fsp3) is 0.231. The zero-order valence-corrected chi connectivity index (χ0v) is 10.0. The molecule has 0 aliphatic rings. The second-order valence-electron chi connectivity index (χ2n) is 3.69. The van der Waals surface area contributed by atoms with Crippen molar-refractivity contribution in [1.29, 1.82) is 0 Å². The molecular weight excluding hydrogens is 218 g/mol. The van der Waals surface area contributed by atoms with Gasteiger partial charge in [-0.25, -0.2) is 0 Å². The smallest absolute Gasteiger partial charge is 0.124 e. The maximum atomic E-state index is 5.89. The first-order chi connectivity index (χ1) is 7.77. The Morgan fingerprint density at radius 1 is 1.25 bits per heavy atom. The summed E-state index contributed by atoms with van der Waals surface area (Å²) in [6.45, 7) is 2.58. The van der Waals surface area contributed by atoms with Crippen LogP contribution in [0.4, 0.5) is 0 Å². The van der Waals surface area contributed by atoms with Crippen molar-refractivity contribution in [2.24, 2.45) is 5.73 Å². The summed E-state index contributed by atoms with van der Waals surface area (Å²) in [6.07, 6.45) is 0. The minimum atomic E-state index is -0.000430. The van der Waals surface area contributed by atoms with Crippen LogP contribution in [0.3, 0.4) is 0 Å². The number of nitrogens with two attached hydrogens (primary N) is 1. The van der Waals surface area contributed by atoms with Gasteiger partial charge >= 0.3 is 0 Å². The summed E-state index contributed by atoms with van der Waals surface area (Å²) in [7, 11) is 0. The van der Waals surface area contributed by atoms with Crippen LogP contribution < -0.4 is 10.5 Å². The summed E-state index contributed by atoms with van der Waals surface area (Å²) in [5.74, 6) is 0.880. The van der Waals surface area contributed by atoms with Gasteiger partial charge in [0.05, 0.1) is 0 Å². The van der Waals surface area contributed by atoms with E-state index in [4.69, 9.17) is 10.5 Å². The molecule has 2 nitrogen and oxygen atoms in total. The zero-order valence-electron chi connectivity index (χ0n) is 9.22. The predicted octanol–water partition coefficient (Wildman–Crippen LogP) is 3.35. The summed E-state index contributed by atoms with van der Waals surface area (Å²) < 4.78 is 5.77. The molecule has 2 rings (SSSR count). The summed E-state index contributed by atoms with van der Waals surface area (Å²) in [6, 6.07) is 12.0. The number of hydrogen-bond donors (Lipinski definition) is 1. The van der Waals surface area contributed by atoms with E-state index in [0.717, 1.165) is 11.3 Å². The first-order valence-corrected chi connectivity index (χ1v) is 6.15. The van der Waals surface area contributed by atoms with Crippen molar-refractivity contribution in [2.45, 2.75) is 19.6 Å². The molecule has 1 aromatic carbocycles. The number of hydrogen-bond acceptors (Lipinski definition) is 3. The predicted molar refractivity (Wildman–Crippen MR) is 67.7 cm³/mol. The van der Waals surface area contributed by atoms with Gasteiger partial charge in [0.2, 0.25) is 0 Å². The number of thiophene rings is 1. The molecule has 84 valence electrons. The Bertz CT molecular complexity index is 437. The van der Waals surface area contributed by atoms with Gasteiger partial charge in [0, 0.05) is 16.5 Å². The van der Waals surface area contributed by atoms with E-state index in [1.165, 1.54) is 4.88 Å². The van der Waals surface area contributed by atoms with E-state index in [0.29, 0.717) is 6.61 Å². The summed E-state index contributed by atoms with van der Waals surface area (Å²) in [5, 5.41) is 2.05. The molecule has 0 saturated carbocycles. The first-order valence-electron chi connectivity index (χ1n) is 5.27. The third kappa shape index (κ3) is 2.62. The van der Waals surface area contributed by atoms with Gasteiger partial charge in [-0.1, -0.05) is 24.3 Å². The lowest BCUT2D eigenvalue weighted by Gasteiger charge is -2.13. The van der Waals surface area contributed by atoms with Gasteiger partial charge in [0.15, 0.2) is 0 Å². The lowest BCUT2D eigenvalue weighted by molar-refractivity contribution is 0.305. The Morgan fingerprint density at radius 2 is 2.06 bits per heavy atom. The molecule has 2 N–H and O–H groups in total. The molecule has 0 amide bonds. The molecule has 0 bridgehead atoms. The number of benzene rings is 1. The van der Waals surface area contributed by atoms with E-state index in [1.807, 2.05) is 37.3 Å². The maximum absolute atomic E-state index is 5.89. The molecule has 0 radical (unpaired) electrons. The van der Waals surface area contributed by atoms with Crippen LogP contribution in [0.25, 0.3) is 0 Å². The summed E-state index contributed by atoms with van der Waals surface area (Å²) in [4.78, 5) is 1.22. The molecule has 0 aliphatic heterocycles. The van der Waals surface area contributed by atoms with E-state index < -0.39 is 0 Å². The normalized spacial score (nSPS) is 12.4. The molecule has 1 atom stereocenters. The van der Waals surface area contributed by atoms with E-state index in [9.17, 15) is 0 Å². The number of ether oxygens (including phenoxy) is 1. The molecule has 1 heterocycles. The zero-order chi connectivity index (χ0) is 11.4. The van der Waals surface area contributed by atoms with Gasteiger partial charge in [-0.15, -0.1) is 11.3 Å². The molecular formula is C13H15NOS. The molecule has 1 aromatic heterocycles. The van der Waals surface area contributed by atoms with Crippen LogP contribution in [-0.2, 0) is 6.61 Å². The third-order valence-electron chi connectivity index (χ3n) is 2.36. The van der Waals surface area contributed by atoms with Crippen LogP contribution in [0.15, 0.2) is 41.8 Å². The molecule has 16 heavy (non-hydrogen) atoms. The molecule has 2 aromatic rings. The highest BCUT2D eigenvalue weighted by molar-refractivity contribution is 7.09. The Morgan fingerprint density at radius 3 is 2.75 bits per heavy atom. The van der Waals surface area contributed by atoms with Crippen LogP contribution in [0, 0.1) is 0 Å². The average molecular weight is 233 g/mol. The van der Waals surface area contributed by atoms with Crippen molar-refractivity contribution < 1.29 is 4.74 Å². The second kappa shape index (κ2) is 5.14. The van der Waals surface area contributed by atoms with Crippen LogP contribution in [0.2, 0.25) is 0 Å². The van der Waals surface area contributed by atoms with Crippen LogP contribution in [0.1, 0.15) is 23.4 Å². The molecule has 0 fully saturated rings. The standard InChI is InChI=1S/C13H15NOS/c1-10(14)12-6-2-3-7-13(12)15-9-11-5-4-8-16-11/h2-8,10H,9,14H2,1H3. The lowest BCUT2D eigenvalue weighted by atomic mass is 10.1. The molecule has 0 aliphatic carbocycles. The molecule has 0 spiro atoms. The van der Waals surface area contributed by atoms with Crippen molar-refractivity contribution >= 4 is 11.3 Å². The van der Waals surface area contributed by atoms with Crippen molar-refractivity contribution in [3.63, 3.8) is 0 Å². The Balaban J connectivity index is 2.09. The van der Waals surface area contributed by atoms with Crippen LogP contribution in [0.5, 0.6) is 5.75 Å². The second-order valence-corrected chi connectivity index (χ2v) is 4.73. The van der Waals surface area contributed by atoms with E-state index in [2.05, 4.69) is 11.4 Å². The minimum absolute atomic E-state index is 0.000430. The average Bonchev–Trinajstić information content (AvgIpc) is 2.79. The fourth-order valence-electron chi connectivity index (χ4n) is 1.53. The Labute approximate surface area is 99.7 Å². The SMILES string of the molecule is CC(N)c1ccccc1OCc1cccs1. The largest absolute Gasteiger partial charge is 0.488 e. The number of rotatable bonds is 4. The maximum Gasteiger partial charge on any atom is 0.124 e. The van der Waals surface area contributed by atoms with E-state index >= 15 is 0 Å². The quantitative estimate of drug-likeness (QED) is 0.879. The van der Waals surface area contributed by atoms with Gasteiger partial charge < -0.3 is 10.5 Å². The number of para-hydroxylation sites is 1. The molecule has 1 unspecified atom stereocenters. The summed E-state index contributed by atoms with van der Waals surface area (Å²) >= 11 is 1.70. The van der Waals surface area contributed by atoms with Gasteiger partial charge in [0.25, 0.3) is 0 Å². The van der Waals surface area contributed by atoms with Crippen LogP contribution in [-0.4, -0.2) is 0 Å².